The third kappa shape index (κ3) is 4.88. The van der Waals surface area contributed by atoms with E-state index in [4.69, 9.17) is 10.2 Å². The summed E-state index contributed by atoms with van der Waals surface area (Å²) in [5.41, 5.74) is 2.41. The van der Waals surface area contributed by atoms with Crippen LogP contribution in [0.5, 0.6) is 5.75 Å². The van der Waals surface area contributed by atoms with E-state index in [-0.39, 0.29) is 22.8 Å². The SMILES string of the molecule is CC(C)(C)C1=NN(c2ccc(C(=O)O)cc2)C(c2ccc(OC(F)(F)F)cc2)C1. The van der Waals surface area contributed by atoms with Gasteiger partial charge in [0, 0.05) is 17.5 Å². The molecule has 2 aromatic carbocycles. The maximum absolute atomic E-state index is 12.4. The van der Waals surface area contributed by atoms with Gasteiger partial charge in [0.15, 0.2) is 0 Å². The number of anilines is 1. The Morgan fingerprint density at radius 1 is 1.07 bits per heavy atom. The minimum atomic E-state index is -4.74. The molecule has 0 radical (unpaired) electrons. The summed E-state index contributed by atoms with van der Waals surface area (Å²) in [7, 11) is 0. The average Bonchev–Trinajstić information content (AvgIpc) is 3.07. The molecule has 0 amide bonds. The van der Waals surface area contributed by atoms with Crippen LogP contribution in [0.25, 0.3) is 0 Å². The average molecular weight is 406 g/mol. The smallest absolute Gasteiger partial charge is 0.478 e. The molecule has 1 aliphatic heterocycles. The van der Waals surface area contributed by atoms with Gasteiger partial charge in [0.25, 0.3) is 0 Å². The van der Waals surface area contributed by atoms with Gasteiger partial charge in [-0.3, -0.25) is 5.01 Å². The number of nitrogens with zero attached hydrogens (tertiary/aromatic N) is 2. The van der Waals surface area contributed by atoms with Crippen LogP contribution in [-0.2, 0) is 0 Å². The number of rotatable bonds is 4. The van der Waals surface area contributed by atoms with Gasteiger partial charge in [0.1, 0.15) is 5.75 Å². The molecule has 154 valence electrons. The van der Waals surface area contributed by atoms with Crippen molar-refractivity contribution >= 4 is 17.4 Å². The first kappa shape index (κ1) is 20.7. The molecule has 0 aromatic heterocycles. The highest BCUT2D eigenvalue weighted by molar-refractivity contribution is 5.93. The van der Waals surface area contributed by atoms with E-state index in [1.165, 1.54) is 24.3 Å². The third-order valence-electron chi connectivity index (χ3n) is 4.65. The van der Waals surface area contributed by atoms with E-state index < -0.39 is 12.3 Å². The molecule has 1 N–H and O–H groups in total. The molecular formula is C21H21F3N2O3. The Morgan fingerprint density at radius 3 is 2.14 bits per heavy atom. The van der Waals surface area contributed by atoms with Gasteiger partial charge in [0.05, 0.1) is 17.3 Å². The fourth-order valence-corrected chi connectivity index (χ4v) is 3.11. The highest BCUT2D eigenvalue weighted by atomic mass is 19.4. The summed E-state index contributed by atoms with van der Waals surface area (Å²) in [4.78, 5) is 11.1. The van der Waals surface area contributed by atoms with Crippen LogP contribution < -0.4 is 9.75 Å². The van der Waals surface area contributed by atoms with Gasteiger partial charge in [0.2, 0.25) is 0 Å². The number of hydrogen-bond acceptors (Lipinski definition) is 4. The zero-order chi connectivity index (χ0) is 21.4. The molecule has 1 atom stereocenters. The first-order chi connectivity index (χ1) is 13.4. The lowest BCUT2D eigenvalue weighted by atomic mass is 9.86. The fourth-order valence-electron chi connectivity index (χ4n) is 3.11. The lowest BCUT2D eigenvalue weighted by Crippen LogP contribution is -2.20. The number of halogens is 3. The Bertz CT molecular complexity index is 914. The van der Waals surface area contributed by atoms with Gasteiger partial charge in [-0.25, -0.2) is 4.79 Å². The van der Waals surface area contributed by atoms with E-state index in [2.05, 4.69) is 4.74 Å². The van der Waals surface area contributed by atoms with Crippen LogP contribution in [-0.4, -0.2) is 23.1 Å². The van der Waals surface area contributed by atoms with Gasteiger partial charge in [-0.15, -0.1) is 13.2 Å². The van der Waals surface area contributed by atoms with Crippen molar-refractivity contribution < 1.29 is 27.8 Å². The molecule has 0 spiro atoms. The lowest BCUT2D eigenvalue weighted by Gasteiger charge is -2.24. The summed E-state index contributed by atoms with van der Waals surface area (Å²) in [6.45, 7) is 6.13. The molecule has 2 aromatic rings. The van der Waals surface area contributed by atoms with Crippen molar-refractivity contribution in [3.8, 4) is 5.75 Å². The summed E-state index contributed by atoms with van der Waals surface area (Å²) < 4.78 is 41.2. The third-order valence-corrected chi connectivity index (χ3v) is 4.65. The van der Waals surface area contributed by atoms with Crippen LogP contribution in [0, 0.1) is 5.41 Å². The standard InChI is InChI=1S/C21H21F3N2O3/c1-20(2,3)18-12-17(13-6-10-16(11-7-13)29-21(22,23)24)26(25-18)15-8-4-14(5-9-15)19(27)28/h4-11,17H,12H2,1-3H3,(H,27,28). The summed E-state index contributed by atoms with van der Waals surface area (Å²) in [5, 5.41) is 15.6. The Kier molecular flexibility index (Phi) is 5.30. The summed E-state index contributed by atoms with van der Waals surface area (Å²) in [5.74, 6) is -1.30. The van der Waals surface area contributed by atoms with Crippen LogP contribution in [0.2, 0.25) is 0 Å². The van der Waals surface area contributed by atoms with Crippen LogP contribution in [0.3, 0.4) is 0 Å². The van der Waals surface area contributed by atoms with Gasteiger partial charge in [-0.2, -0.15) is 5.10 Å². The fraction of sp³-hybridized carbons (Fsp3) is 0.333. The number of carboxylic acids is 1. The first-order valence-corrected chi connectivity index (χ1v) is 9.00. The van der Waals surface area contributed by atoms with E-state index in [0.717, 1.165) is 11.3 Å². The number of alkyl halides is 3. The second-order valence-corrected chi connectivity index (χ2v) is 7.83. The number of carboxylic acid groups (broad SMARTS) is 1. The Hall–Kier alpha value is -3.03. The molecular weight excluding hydrogens is 385 g/mol. The van der Waals surface area contributed by atoms with Gasteiger partial charge < -0.3 is 9.84 Å². The Labute approximate surface area is 166 Å². The molecule has 5 nitrogen and oxygen atoms in total. The van der Waals surface area contributed by atoms with E-state index in [9.17, 15) is 18.0 Å². The number of benzene rings is 2. The number of hydrogen-bond donors (Lipinski definition) is 1. The van der Waals surface area contributed by atoms with Crippen LogP contribution in [0.4, 0.5) is 18.9 Å². The Morgan fingerprint density at radius 2 is 1.66 bits per heavy atom. The zero-order valence-electron chi connectivity index (χ0n) is 16.2. The molecule has 1 heterocycles. The van der Waals surface area contributed by atoms with Gasteiger partial charge in [-0.1, -0.05) is 32.9 Å². The van der Waals surface area contributed by atoms with Crippen molar-refractivity contribution in [2.24, 2.45) is 10.5 Å². The second-order valence-electron chi connectivity index (χ2n) is 7.83. The van der Waals surface area contributed by atoms with Crippen molar-refractivity contribution in [2.45, 2.75) is 39.6 Å². The molecule has 1 aliphatic rings. The lowest BCUT2D eigenvalue weighted by molar-refractivity contribution is -0.274. The minimum absolute atomic E-state index is 0.165. The maximum atomic E-state index is 12.4. The second kappa shape index (κ2) is 7.42. The zero-order valence-corrected chi connectivity index (χ0v) is 16.2. The van der Waals surface area contributed by atoms with Gasteiger partial charge >= 0.3 is 12.3 Å². The molecule has 0 bridgehead atoms. The largest absolute Gasteiger partial charge is 0.573 e. The molecule has 8 heteroatoms. The highest BCUT2D eigenvalue weighted by Crippen LogP contribution is 2.40. The number of hydrazone groups is 1. The van der Waals surface area contributed by atoms with E-state index in [0.29, 0.717) is 12.1 Å². The molecule has 0 saturated heterocycles. The van der Waals surface area contributed by atoms with E-state index in [1.807, 2.05) is 20.8 Å². The van der Waals surface area contributed by atoms with Gasteiger partial charge in [-0.05, 0) is 42.0 Å². The molecule has 0 aliphatic carbocycles. The van der Waals surface area contributed by atoms with Crippen molar-refractivity contribution in [3.63, 3.8) is 0 Å². The van der Waals surface area contributed by atoms with Crippen molar-refractivity contribution in [3.05, 3.63) is 59.7 Å². The maximum Gasteiger partial charge on any atom is 0.573 e. The molecule has 1 unspecified atom stereocenters. The monoisotopic (exact) mass is 406 g/mol. The first-order valence-electron chi connectivity index (χ1n) is 9.00. The predicted octanol–water partition coefficient (Wildman–Crippen LogP) is 5.64. The van der Waals surface area contributed by atoms with Crippen LogP contribution in [0.15, 0.2) is 53.6 Å². The molecule has 3 rings (SSSR count). The number of carbonyl (C=O) groups is 1. The quantitative estimate of drug-likeness (QED) is 0.714. The van der Waals surface area contributed by atoms with Crippen molar-refractivity contribution in [1.29, 1.82) is 0 Å². The normalized spacial score (nSPS) is 17.2. The number of ether oxygens (including phenoxy) is 1. The van der Waals surface area contributed by atoms with Crippen molar-refractivity contribution in [2.75, 3.05) is 5.01 Å². The van der Waals surface area contributed by atoms with E-state index >= 15 is 0 Å². The van der Waals surface area contributed by atoms with E-state index in [1.54, 1.807) is 29.3 Å². The highest BCUT2D eigenvalue weighted by Gasteiger charge is 2.35. The number of aromatic carboxylic acids is 1. The summed E-state index contributed by atoms with van der Waals surface area (Å²) in [6.07, 6.45) is -4.14. The Balaban J connectivity index is 1.92. The van der Waals surface area contributed by atoms with Crippen LogP contribution in [0.1, 0.15) is 49.2 Å². The predicted molar refractivity (Wildman–Crippen MR) is 103 cm³/mol. The van der Waals surface area contributed by atoms with Crippen LogP contribution >= 0.6 is 0 Å². The minimum Gasteiger partial charge on any atom is -0.478 e. The molecule has 0 saturated carbocycles. The topological polar surface area (TPSA) is 62.1 Å². The molecule has 0 fully saturated rings. The molecule has 29 heavy (non-hydrogen) atoms. The van der Waals surface area contributed by atoms with Crippen molar-refractivity contribution in [1.82, 2.24) is 0 Å². The summed E-state index contributed by atoms with van der Waals surface area (Å²) >= 11 is 0. The summed E-state index contributed by atoms with van der Waals surface area (Å²) in [6, 6.07) is 11.9.